The molecule has 0 fully saturated rings. The first kappa shape index (κ1) is 13.4. The minimum absolute atomic E-state index is 0.577. The van der Waals surface area contributed by atoms with Gasteiger partial charge in [0.25, 0.3) is 0 Å². The molecule has 0 bridgehead atoms. The molecule has 19 heavy (non-hydrogen) atoms. The lowest BCUT2D eigenvalue weighted by molar-refractivity contribution is -0.147. The van der Waals surface area contributed by atoms with Crippen molar-refractivity contribution < 1.29 is 14.3 Å². The van der Waals surface area contributed by atoms with Crippen LogP contribution in [0.4, 0.5) is 5.69 Å². The van der Waals surface area contributed by atoms with Gasteiger partial charge in [-0.1, -0.05) is 0 Å². The minimum atomic E-state index is -0.772. The summed E-state index contributed by atoms with van der Waals surface area (Å²) in [5, 5.41) is 9.10. The van der Waals surface area contributed by atoms with Crippen LogP contribution in [0.5, 0.6) is 0 Å². The van der Waals surface area contributed by atoms with E-state index >= 15 is 0 Å². The molecular formula is C14H18N2O3. The summed E-state index contributed by atoms with van der Waals surface area (Å²) < 4.78 is 5.26. The van der Waals surface area contributed by atoms with Crippen molar-refractivity contribution in [2.24, 2.45) is 5.41 Å². The molecule has 0 saturated heterocycles. The Morgan fingerprint density at radius 2 is 2.21 bits per heavy atom. The van der Waals surface area contributed by atoms with E-state index in [-0.39, 0.29) is 0 Å². The molecule has 0 saturated carbocycles. The largest absolute Gasteiger partial charge is 0.481 e. The Balaban J connectivity index is 2.07. The lowest BCUT2D eigenvalue weighted by atomic mass is 9.89. The number of carbonyl (C=O) groups is 1. The highest BCUT2D eigenvalue weighted by atomic mass is 16.4. The molecule has 0 unspecified atom stereocenters. The lowest BCUT2D eigenvalue weighted by Crippen LogP contribution is -2.30. The van der Waals surface area contributed by atoms with Gasteiger partial charge < -0.3 is 14.4 Å². The zero-order valence-electron chi connectivity index (χ0n) is 11.4. The summed E-state index contributed by atoms with van der Waals surface area (Å²) in [5.74, 6) is -0.772. The van der Waals surface area contributed by atoms with Crippen LogP contribution in [0.3, 0.4) is 0 Å². The third-order valence-electron chi connectivity index (χ3n) is 3.41. The number of anilines is 1. The number of fused-ring (bicyclic) bond motifs is 1. The molecule has 0 amide bonds. The van der Waals surface area contributed by atoms with Crippen LogP contribution in [0.1, 0.15) is 20.3 Å². The molecule has 0 aliphatic carbocycles. The number of benzene rings is 1. The van der Waals surface area contributed by atoms with Crippen molar-refractivity contribution in [1.29, 1.82) is 0 Å². The van der Waals surface area contributed by atoms with E-state index in [4.69, 9.17) is 9.52 Å². The number of hydrogen-bond acceptors (Lipinski definition) is 4. The number of aromatic nitrogens is 1. The van der Waals surface area contributed by atoms with E-state index in [1.807, 2.05) is 30.1 Å². The van der Waals surface area contributed by atoms with Gasteiger partial charge in [0, 0.05) is 25.3 Å². The number of carboxylic acid groups (broad SMARTS) is 1. The lowest BCUT2D eigenvalue weighted by Gasteiger charge is -2.25. The molecule has 1 aromatic heterocycles. The van der Waals surface area contributed by atoms with E-state index in [0.29, 0.717) is 13.0 Å². The third kappa shape index (κ3) is 2.86. The maximum atomic E-state index is 11.1. The van der Waals surface area contributed by atoms with Gasteiger partial charge in [-0.2, -0.15) is 0 Å². The van der Waals surface area contributed by atoms with Gasteiger partial charge in [0.05, 0.1) is 5.41 Å². The fourth-order valence-corrected chi connectivity index (χ4v) is 1.76. The van der Waals surface area contributed by atoms with Gasteiger partial charge in [0.15, 0.2) is 12.0 Å². The Morgan fingerprint density at radius 3 is 2.89 bits per heavy atom. The van der Waals surface area contributed by atoms with Crippen LogP contribution in [-0.2, 0) is 4.79 Å². The van der Waals surface area contributed by atoms with Crippen LogP contribution in [0, 0.1) is 5.41 Å². The standard InChI is InChI=1S/C14H18N2O3/c1-14(2,13(17)18)6-7-16(3)10-4-5-11-12(8-10)19-9-15-11/h4-5,8-9H,6-7H2,1-3H3,(H,17,18). The Morgan fingerprint density at radius 1 is 1.47 bits per heavy atom. The van der Waals surface area contributed by atoms with Crippen molar-refractivity contribution in [3.63, 3.8) is 0 Å². The maximum absolute atomic E-state index is 11.1. The number of carboxylic acids is 1. The zero-order valence-corrected chi connectivity index (χ0v) is 11.4. The summed E-state index contributed by atoms with van der Waals surface area (Å²) in [4.78, 5) is 17.2. The molecule has 0 aliphatic rings. The summed E-state index contributed by atoms with van der Waals surface area (Å²) in [6.45, 7) is 4.14. The van der Waals surface area contributed by atoms with Gasteiger partial charge in [-0.15, -0.1) is 0 Å². The van der Waals surface area contributed by atoms with E-state index in [2.05, 4.69) is 4.98 Å². The minimum Gasteiger partial charge on any atom is -0.481 e. The number of aliphatic carboxylic acids is 1. The summed E-state index contributed by atoms with van der Waals surface area (Å²) >= 11 is 0. The molecule has 0 atom stereocenters. The highest BCUT2D eigenvalue weighted by Gasteiger charge is 2.27. The van der Waals surface area contributed by atoms with Gasteiger partial charge in [-0.05, 0) is 32.4 Å². The summed E-state index contributed by atoms with van der Waals surface area (Å²) in [7, 11) is 1.94. The average Bonchev–Trinajstić information content (AvgIpc) is 2.82. The molecule has 0 spiro atoms. The summed E-state index contributed by atoms with van der Waals surface area (Å²) in [6, 6.07) is 5.77. The van der Waals surface area contributed by atoms with Crippen molar-refractivity contribution in [2.75, 3.05) is 18.5 Å². The molecule has 0 radical (unpaired) electrons. The highest BCUT2D eigenvalue weighted by molar-refractivity contribution is 5.77. The molecule has 5 heteroatoms. The number of nitrogens with zero attached hydrogens (tertiary/aromatic N) is 2. The second kappa shape index (κ2) is 4.91. The molecule has 1 heterocycles. The second-order valence-electron chi connectivity index (χ2n) is 5.36. The SMILES string of the molecule is CN(CCC(C)(C)C(=O)O)c1ccc2ncoc2c1. The first-order valence-corrected chi connectivity index (χ1v) is 6.18. The highest BCUT2D eigenvalue weighted by Crippen LogP contribution is 2.24. The van der Waals surface area contributed by atoms with Gasteiger partial charge in [-0.3, -0.25) is 4.79 Å². The van der Waals surface area contributed by atoms with Crippen molar-refractivity contribution in [3.8, 4) is 0 Å². The molecular weight excluding hydrogens is 244 g/mol. The van der Waals surface area contributed by atoms with Crippen LogP contribution in [0.25, 0.3) is 11.1 Å². The van der Waals surface area contributed by atoms with Gasteiger partial charge in [0.1, 0.15) is 5.52 Å². The average molecular weight is 262 g/mol. The van der Waals surface area contributed by atoms with E-state index in [1.165, 1.54) is 6.39 Å². The third-order valence-corrected chi connectivity index (χ3v) is 3.41. The van der Waals surface area contributed by atoms with Gasteiger partial charge >= 0.3 is 5.97 Å². The van der Waals surface area contributed by atoms with E-state index in [1.54, 1.807) is 13.8 Å². The first-order valence-electron chi connectivity index (χ1n) is 6.18. The summed E-state index contributed by atoms with van der Waals surface area (Å²) in [5.41, 5.74) is 1.83. The Bertz CT molecular complexity index is 589. The molecule has 2 rings (SSSR count). The van der Waals surface area contributed by atoms with Crippen molar-refractivity contribution in [1.82, 2.24) is 4.98 Å². The van der Waals surface area contributed by atoms with Gasteiger partial charge in [0.2, 0.25) is 0 Å². The topological polar surface area (TPSA) is 66.6 Å². The van der Waals surface area contributed by atoms with Crippen LogP contribution in [0.15, 0.2) is 29.0 Å². The predicted octanol–water partition coefficient (Wildman–Crippen LogP) is 2.76. The molecule has 1 N–H and O–H groups in total. The first-order chi connectivity index (χ1) is 8.90. The molecule has 0 aliphatic heterocycles. The Labute approximate surface area is 111 Å². The number of oxazole rings is 1. The number of rotatable bonds is 5. The van der Waals surface area contributed by atoms with Crippen molar-refractivity contribution >= 4 is 22.8 Å². The van der Waals surface area contributed by atoms with Crippen molar-refractivity contribution in [2.45, 2.75) is 20.3 Å². The molecule has 1 aromatic carbocycles. The Kier molecular flexibility index (Phi) is 3.46. The van der Waals surface area contributed by atoms with E-state index in [0.717, 1.165) is 16.8 Å². The monoisotopic (exact) mass is 262 g/mol. The van der Waals surface area contributed by atoms with Crippen LogP contribution in [-0.4, -0.2) is 29.7 Å². The van der Waals surface area contributed by atoms with E-state index in [9.17, 15) is 4.79 Å². The molecule has 5 nitrogen and oxygen atoms in total. The van der Waals surface area contributed by atoms with Gasteiger partial charge in [-0.25, -0.2) is 4.98 Å². The fourth-order valence-electron chi connectivity index (χ4n) is 1.76. The van der Waals surface area contributed by atoms with Crippen LogP contribution in [0.2, 0.25) is 0 Å². The second-order valence-corrected chi connectivity index (χ2v) is 5.36. The van der Waals surface area contributed by atoms with Crippen LogP contribution >= 0.6 is 0 Å². The maximum Gasteiger partial charge on any atom is 0.309 e. The smallest absolute Gasteiger partial charge is 0.309 e. The summed E-state index contributed by atoms with van der Waals surface area (Å²) in [6.07, 6.45) is 2.00. The normalized spacial score (nSPS) is 11.7. The number of hydrogen-bond donors (Lipinski definition) is 1. The van der Waals surface area contributed by atoms with E-state index < -0.39 is 11.4 Å². The van der Waals surface area contributed by atoms with Crippen molar-refractivity contribution in [3.05, 3.63) is 24.6 Å². The fraction of sp³-hybridized carbons (Fsp3) is 0.429. The van der Waals surface area contributed by atoms with Crippen LogP contribution < -0.4 is 4.90 Å². The zero-order chi connectivity index (χ0) is 14.0. The quantitative estimate of drug-likeness (QED) is 0.897. The predicted molar refractivity (Wildman–Crippen MR) is 73.3 cm³/mol. The molecule has 2 aromatic rings. The molecule has 102 valence electrons. The Hall–Kier alpha value is -2.04.